The fraction of sp³-hybridized carbons (Fsp3) is 0.733. The molecule has 0 bridgehead atoms. The topological polar surface area (TPSA) is 57.5 Å². The highest BCUT2D eigenvalue weighted by Gasteiger charge is 2.21. The van der Waals surface area contributed by atoms with Gasteiger partial charge in [-0.1, -0.05) is 0 Å². The van der Waals surface area contributed by atoms with Crippen molar-refractivity contribution in [2.45, 2.75) is 45.3 Å². The van der Waals surface area contributed by atoms with Gasteiger partial charge in [-0.05, 0) is 32.8 Å². The molecule has 1 fully saturated rings. The molecule has 1 aliphatic rings. The third kappa shape index (κ3) is 5.42. The van der Waals surface area contributed by atoms with Crippen molar-refractivity contribution >= 4 is 29.9 Å². The fourth-order valence-corrected chi connectivity index (χ4v) is 2.70. The van der Waals surface area contributed by atoms with Gasteiger partial charge in [0.15, 0.2) is 5.96 Å². The molecule has 0 atom stereocenters. The molecule has 0 unspecified atom stereocenters. The number of piperidine rings is 1. The molecule has 1 saturated heterocycles. The van der Waals surface area contributed by atoms with Crippen molar-refractivity contribution in [2.75, 3.05) is 20.1 Å². The highest BCUT2D eigenvalue weighted by atomic mass is 127. The summed E-state index contributed by atoms with van der Waals surface area (Å²) in [6, 6.07) is 3.17. The van der Waals surface area contributed by atoms with E-state index in [1.54, 1.807) is 0 Å². The highest BCUT2D eigenvalue weighted by molar-refractivity contribution is 14.0. The standard InChI is InChI=1S/C15H28N6.HI/c1-12(2)21-9-6-13(7-10-21)19-15(16-3)17-11-14-5-8-18-20(14)4;/h5,8,12-13H,6-7,9-11H2,1-4H3,(H2,16,17,19);1H. The van der Waals surface area contributed by atoms with Gasteiger partial charge in [0.1, 0.15) is 0 Å². The van der Waals surface area contributed by atoms with Crippen molar-refractivity contribution in [3.05, 3.63) is 18.0 Å². The number of guanidine groups is 1. The fourth-order valence-electron chi connectivity index (χ4n) is 2.70. The molecule has 1 aromatic heterocycles. The Balaban J connectivity index is 0.00000242. The highest BCUT2D eigenvalue weighted by Crippen LogP contribution is 2.12. The van der Waals surface area contributed by atoms with Crippen LogP contribution in [0, 0.1) is 0 Å². The Bertz CT molecular complexity index is 462. The minimum absolute atomic E-state index is 0. The largest absolute Gasteiger partial charge is 0.354 e. The average Bonchev–Trinajstić information content (AvgIpc) is 2.89. The van der Waals surface area contributed by atoms with E-state index in [-0.39, 0.29) is 24.0 Å². The Morgan fingerprint density at radius 3 is 2.59 bits per heavy atom. The molecule has 0 spiro atoms. The van der Waals surface area contributed by atoms with Gasteiger partial charge in [0.25, 0.3) is 0 Å². The third-order valence-corrected chi connectivity index (χ3v) is 4.18. The van der Waals surface area contributed by atoms with Crippen LogP contribution in [0.25, 0.3) is 0 Å². The lowest BCUT2D eigenvalue weighted by molar-refractivity contribution is 0.167. The Morgan fingerprint density at radius 2 is 2.09 bits per heavy atom. The molecule has 7 heteroatoms. The van der Waals surface area contributed by atoms with E-state index < -0.39 is 0 Å². The van der Waals surface area contributed by atoms with E-state index >= 15 is 0 Å². The number of nitrogens with one attached hydrogen (secondary N) is 2. The van der Waals surface area contributed by atoms with Gasteiger partial charge in [0.2, 0.25) is 0 Å². The summed E-state index contributed by atoms with van der Waals surface area (Å²) in [7, 11) is 3.77. The molecule has 0 amide bonds. The second kappa shape index (κ2) is 9.34. The summed E-state index contributed by atoms with van der Waals surface area (Å²) in [5.41, 5.74) is 1.15. The summed E-state index contributed by atoms with van der Waals surface area (Å²) in [5.74, 6) is 0.874. The first kappa shape index (κ1) is 19.2. The normalized spacial score (nSPS) is 17.4. The maximum atomic E-state index is 4.32. The van der Waals surface area contributed by atoms with Crippen LogP contribution in [0.15, 0.2) is 17.3 Å². The molecule has 22 heavy (non-hydrogen) atoms. The van der Waals surface area contributed by atoms with E-state index in [0.717, 1.165) is 31.3 Å². The van der Waals surface area contributed by atoms with Crippen molar-refractivity contribution in [3.8, 4) is 0 Å². The van der Waals surface area contributed by atoms with Crippen LogP contribution in [0.4, 0.5) is 0 Å². The van der Waals surface area contributed by atoms with Gasteiger partial charge in [-0.15, -0.1) is 24.0 Å². The van der Waals surface area contributed by atoms with Crippen LogP contribution in [-0.4, -0.2) is 52.9 Å². The van der Waals surface area contributed by atoms with Crippen LogP contribution in [-0.2, 0) is 13.6 Å². The summed E-state index contributed by atoms with van der Waals surface area (Å²) in [6.07, 6.45) is 4.16. The van der Waals surface area contributed by atoms with Crippen LogP contribution in [0.1, 0.15) is 32.4 Å². The Kier molecular flexibility index (Phi) is 8.16. The van der Waals surface area contributed by atoms with Gasteiger partial charge in [-0.2, -0.15) is 5.10 Å². The summed E-state index contributed by atoms with van der Waals surface area (Å²) in [4.78, 5) is 6.85. The Hall–Kier alpha value is -0.830. The van der Waals surface area contributed by atoms with Gasteiger partial charge in [-0.3, -0.25) is 9.67 Å². The molecule has 2 heterocycles. The molecule has 0 aliphatic carbocycles. The van der Waals surface area contributed by atoms with Crippen LogP contribution in [0.5, 0.6) is 0 Å². The molecule has 6 nitrogen and oxygen atoms in total. The van der Waals surface area contributed by atoms with Gasteiger partial charge in [-0.25, -0.2) is 0 Å². The molecular weight excluding hydrogens is 391 g/mol. The molecule has 0 saturated carbocycles. The number of likely N-dealkylation sites (tertiary alicyclic amines) is 1. The lowest BCUT2D eigenvalue weighted by Crippen LogP contribution is -2.49. The predicted molar refractivity (Wildman–Crippen MR) is 102 cm³/mol. The first-order valence-corrected chi connectivity index (χ1v) is 7.78. The molecule has 0 radical (unpaired) electrons. The number of aliphatic imine (C=N–C) groups is 1. The maximum Gasteiger partial charge on any atom is 0.191 e. The number of hydrogen-bond donors (Lipinski definition) is 2. The van der Waals surface area contributed by atoms with Gasteiger partial charge in [0.05, 0.1) is 12.2 Å². The number of rotatable bonds is 4. The number of aryl methyl sites for hydroxylation is 1. The minimum atomic E-state index is 0. The van der Waals surface area contributed by atoms with Crippen LogP contribution >= 0.6 is 24.0 Å². The van der Waals surface area contributed by atoms with Crippen molar-refractivity contribution in [1.29, 1.82) is 0 Å². The molecule has 126 valence electrons. The zero-order chi connectivity index (χ0) is 15.2. The quantitative estimate of drug-likeness (QED) is 0.441. The van der Waals surface area contributed by atoms with Gasteiger partial charge < -0.3 is 15.5 Å². The average molecular weight is 420 g/mol. The zero-order valence-corrected chi connectivity index (χ0v) is 16.4. The van der Waals surface area contributed by atoms with Crippen LogP contribution < -0.4 is 10.6 Å². The van der Waals surface area contributed by atoms with E-state index in [0.29, 0.717) is 12.1 Å². The van der Waals surface area contributed by atoms with Crippen molar-refractivity contribution in [2.24, 2.45) is 12.0 Å². The monoisotopic (exact) mass is 420 g/mol. The summed E-state index contributed by atoms with van der Waals surface area (Å²) >= 11 is 0. The zero-order valence-electron chi connectivity index (χ0n) is 14.0. The summed E-state index contributed by atoms with van der Waals surface area (Å²) in [6.45, 7) is 7.59. The second-order valence-corrected chi connectivity index (χ2v) is 5.92. The summed E-state index contributed by atoms with van der Waals surface area (Å²) in [5, 5.41) is 11.1. The molecule has 2 N–H and O–H groups in total. The van der Waals surface area contributed by atoms with Crippen molar-refractivity contribution < 1.29 is 0 Å². The van der Waals surface area contributed by atoms with Gasteiger partial charge >= 0.3 is 0 Å². The van der Waals surface area contributed by atoms with E-state index in [9.17, 15) is 0 Å². The SMILES string of the molecule is CN=C(NCc1ccnn1C)NC1CCN(C(C)C)CC1.I. The lowest BCUT2D eigenvalue weighted by atomic mass is 10.0. The number of nitrogens with zero attached hydrogens (tertiary/aromatic N) is 4. The van der Waals surface area contributed by atoms with Crippen LogP contribution in [0.3, 0.4) is 0 Å². The van der Waals surface area contributed by atoms with E-state index in [4.69, 9.17) is 0 Å². The third-order valence-electron chi connectivity index (χ3n) is 4.18. The second-order valence-electron chi connectivity index (χ2n) is 5.92. The number of aromatic nitrogens is 2. The summed E-state index contributed by atoms with van der Waals surface area (Å²) < 4.78 is 1.88. The first-order valence-electron chi connectivity index (χ1n) is 7.78. The van der Waals surface area contributed by atoms with E-state index in [2.05, 4.69) is 39.5 Å². The maximum absolute atomic E-state index is 4.32. The van der Waals surface area contributed by atoms with Crippen LogP contribution in [0.2, 0.25) is 0 Å². The van der Waals surface area contributed by atoms with Gasteiger partial charge in [0, 0.05) is 45.5 Å². The Morgan fingerprint density at radius 1 is 1.41 bits per heavy atom. The van der Waals surface area contributed by atoms with E-state index in [1.165, 1.54) is 12.8 Å². The molecule has 2 rings (SSSR count). The van der Waals surface area contributed by atoms with Crippen molar-refractivity contribution in [3.63, 3.8) is 0 Å². The molecule has 1 aromatic rings. The Labute approximate surface area is 150 Å². The van der Waals surface area contributed by atoms with E-state index in [1.807, 2.05) is 31.0 Å². The predicted octanol–water partition coefficient (Wildman–Crippen LogP) is 1.58. The lowest BCUT2D eigenvalue weighted by Gasteiger charge is -2.35. The molecular formula is C15H29IN6. The first-order chi connectivity index (χ1) is 10.1. The van der Waals surface area contributed by atoms with Crippen molar-refractivity contribution in [1.82, 2.24) is 25.3 Å². The molecule has 0 aromatic carbocycles. The number of hydrogen-bond acceptors (Lipinski definition) is 3. The number of halogens is 1. The minimum Gasteiger partial charge on any atom is -0.354 e. The smallest absolute Gasteiger partial charge is 0.191 e. The molecule has 1 aliphatic heterocycles.